The molecule has 4 nitrogen and oxygen atoms in total. The van der Waals surface area contributed by atoms with E-state index in [4.69, 9.17) is 0 Å². The summed E-state index contributed by atoms with van der Waals surface area (Å²) in [5.41, 5.74) is 5.15. The molecule has 0 aromatic heterocycles. The summed E-state index contributed by atoms with van der Waals surface area (Å²) in [6.07, 6.45) is 4.26. The minimum absolute atomic E-state index is 0.0715. The summed E-state index contributed by atoms with van der Waals surface area (Å²) in [5, 5.41) is 13.3. The Bertz CT molecular complexity index is 720. The first-order valence-electron chi connectivity index (χ1n) is 8.59. The van der Waals surface area contributed by atoms with Gasteiger partial charge in [-0.2, -0.15) is 0 Å². The number of allylic oxidation sites excluding steroid dienone is 2. The highest BCUT2D eigenvalue weighted by Gasteiger charge is 2.45. The van der Waals surface area contributed by atoms with Gasteiger partial charge in [0.1, 0.15) is 0 Å². The van der Waals surface area contributed by atoms with Crippen LogP contribution in [0.25, 0.3) is 0 Å². The largest absolute Gasteiger partial charge is 0.411 e. The van der Waals surface area contributed by atoms with Crippen molar-refractivity contribution >= 4 is 11.5 Å². The van der Waals surface area contributed by atoms with Crippen LogP contribution in [0, 0.1) is 5.92 Å². The molecule has 0 amide bonds. The molecular weight excluding hydrogens is 288 g/mol. The first-order valence-corrected chi connectivity index (χ1v) is 8.59. The van der Waals surface area contributed by atoms with Gasteiger partial charge in [0.15, 0.2) is 5.78 Å². The summed E-state index contributed by atoms with van der Waals surface area (Å²) in [4.78, 5) is 14.9. The highest BCUT2D eigenvalue weighted by Crippen LogP contribution is 2.47. The maximum absolute atomic E-state index is 12.5. The molecule has 4 heteroatoms. The Morgan fingerprint density at radius 3 is 2.87 bits per heavy atom. The van der Waals surface area contributed by atoms with Gasteiger partial charge >= 0.3 is 0 Å². The smallest absolute Gasteiger partial charge is 0.166 e. The molecule has 0 bridgehead atoms. The summed E-state index contributed by atoms with van der Waals surface area (Å²) in [5.74, 6) is 0.219. The second-order valence-electron chi connectivity index (χ2n) is 6.69. The highest BCUT2D eigenvalue weighted by molar-refractivity contribution is 6.24. The lowest BCUT2D eigenvalue weighted by molar-refractivity contribution is -0.116. The molecule has 0 saturated carbocycles. The molecule has 2 atom stereocenters. The zero-order valence-corrected chi connectivity index (χ0v) is 13.5. The summed E-state index contributed by atoms with van der Waals surface area (Å²) < 4.78 is 0. The van der Waals surface area contributed by atoms with Gasteiger partial charge in [0.25, 0.3) is 0 Å². The van der Waals surface area contributed by atoms with Crippen molar-refractivity contribution in [3.8, 4) is 0 Å². The van der Waals surface area contributed by atoms with Gasteiger partial charge in [-0.15, -0.1) is 0 Å². The third kappa shape index (κ3) is 2.04. The maximum Gasteiger partial charge on any atom is 0.166 e. The average Bonchev–Trinajstić information content (AvgIpc) is 2.60. The molecule has 1 N–H and O–H groups in total. The molecule has 0 radical (unpaired) electrons. The number of ketones is 1. The quantitative estimate of drug-likeness (QED) is 0.638. The Morgan fingerprint density at radius 2 is 2.09 bits per heavy atom. The van der Waals surface area contributed by atoms with Crippen molar-refractivity contribution in [1.82, 2.24) is 4.90 Å². The standard InChI is InChI=1S/C19H22N2O2/c1-2-13-18(20-23)17-15(8-5-9-16(17)22)21-11-10-12-6-3-4-7-14(12)19(13)21/h3-4,6-7,13,19,23H,2,5,8-11H2,1H3/b20-18-/t13-,19-/m1/s1. The van der Waals surface area contributed by atoms with E-state index in [2.05, 4.69) is 41.2 Å². The van der Waals surface area contributed by atoms with Crippen molar-refractivity contribution in [1.29, 1.82) is 0 Å². The van der Waals surface area contributed by atoms with Crippen molar-refractivity contribution in [2.75, 3.05) is 6.54 Å². The number of nitrogens with zero attached hydrogens (tertiary/aromatic N) is 2. The third-order valence-corrected chi connectivity index (χ3v) is 5.60. The van der Waals surface area contributed by atoms with Gasteiger partial charge in [0.05, 0.1) is 17.3 Å². The van der Waals surface area contributed by atoms with Crippen LogP contribution < -0.4 is 0 Å². The molecule has 0 spiro atoms. The summed E-state index contributed by atoms with van der Waals surface area (Å²) in [6.45, 7) is 3.06. The van der Waals surface area contributed by atoms with Gasteiger partial charge in [-0.3, -0.25) is 4.79 Å². The first kappa shape index (κ1) is 14.5. The van der Waals surface area contributed by atoms with Crippen LogP contribution in [-0.2, 0) is 11.2 Å². The van der Waals surface area contributed by atoms with Crippen LogP contribution in [0.1, 0.15) is 49.8 Å². The Morgan fingerprint density at radius 1 is 1.26 bits per heavy atom. The molecule has 4 rings (SSSR count). The zero-order valence-electron chi connectivity index (χ0n) is 13.5. The molecule has 23 heavy (non-hydrogen) atoms. The molecule has 1 aromatic rings. The Kier molecular flexibility index (Phi) is 3.47. The van der Waals surface area contributed by atoms with Gasteiger partial charge in [-0.1, -0.05) is 36.3 Å². The number of benzene rings is 1. The number of carbonyl (C=O) groups excluding carboxylic acids is 1. The van der Waals surface area contributed by atoms with E-state index in [-0.39, 0.29) is 17.7 Å². The van der Waals surface area contributed by atoms with Crippen LogP contribution in [-0.4, -0.2) is 28.1 Å². The zero-order chi connectivity index (χ0) is 16.0. The van der Waals surface area contributed by atoms with E-state index in [9.17, 15) is 10.0 Å². The van der Waals surface area contributed by atoms with E-state index in [1.54, 1.807) is 0 Å². The predicted octanol–water partition coefficient (Wildman–Crippen LogP) is 3.46. The fourth-order valence-electron chi connectivity index (χ4n) is 4.62. The van der Waals surface area contributed by atoms with Crippen molar-refractivity contribution in [2.45, 2.75) is 45.1 Å². The minimum Gasteiger partial charge on any atom is -0.411 e. The monoisotopic (exact) mass is 310 g/mol. The van der Waals surface area contributed by atoms with Gasteiger partial charge in [-0.05, 0) is 36.8 Å². The SMILES string of the molecule is CC[C@@H]1/C(=N/O)C2=C(CCCC2=O)N2CCc3ccccc3[C@@H]12. The van der Waals surface area contributed by atoms with Crippen LogP contribution in [0.4, 0.5) is 0 Å². The second-order valence-corrected chi connectivity index (χ2v) is 6.69. The fourth-order valence-corrected chi connectivity index (χ4v) is 4.62. The molecular formula is C19H22N2O2. The summed E-state index contributed by atoms with van der Waals surface area (Å²) in [6, 6.07) is 8.76. The Labute approximate surface area is 136 Å². The topological polar surface area (TPSA) is 52.9 Å². The van der Waals surface area contributed by atoms with Crippen molar-refractivity contribution in [3.05, 3.63) is 46.7 Å². The lowest BCUT2D eigenvalue weighted by atomic mass is 9.72. The van der Waals surface area contributed by atoms with Crippen LogP contribution in [0.5, 0.6) is 0 Å². The van der Waals surface area contributed by atoms with Crippen LogP contribution in [0.15, 0.2) is 40.7 Å². The Hall–Kier alpha value is -2.10. The second kappa shape index (κ2) is 5.52. The van der Waals surface area contributed by atoms with E-state index in [1.165, 1.54) is 11.1 Å². The molecule has 2 aliphatic heterocycles. The molecule has 0 fully saturated rings. The molecule has 1 aliphatic carbocycles. The van der Waals surface area contributed by atoms with E-state index in [0.717, 1.165) is 37.9 Å². The van der Waals surface area contributed by atoms with Gasteiger partial charge in [-0.25, -0.2) is 0 Å². The highest BCUT2D eigenvalue weighted by atomic mass is 16.4. The molecule has 0 unspecified atom stereocenters. The van der Waals surface area contributed by atoms with E-state index >= 15 is 0 Å². The molecule has 1 aromatic carbocycles. The average molecular weight is 310 g/mol. The lowest BCUT2D eigenvalue weighted by Gasteiger charge is -2.49. The number of fused-ring (bicyclic) bond motifs is 4. The number of hydrogen-bond donors (Lipinski definition) is 1. The van der Waals surface area contributed by atoms with Crippen LogP contribution >= 0.6 is 0 Å². The molecule has 0 saturated heterocycles. The third-order valence-electron chi connectivity index (χ3n) is 5.60. The normalized spacial score (nSPS) is 28.5. The number of Topliss-reactive ketones (excluding diaryl/α,β-unsaturated/α-hetero) is 1. The lowest BCUT2D eigenvalue weighted by Crippen LogP contribution is -2.48. The van der Waals surface area contributed by atoms with Gasteiger partial charge in [0.2, 0.25) is 0 Å². The molecule has 2 heterocycles. The Balaban J connectivity index is 1.93. The number of carbonyl (C=O) groups is 1. The van der Waals surface area contributed by atoms with E-state index < -0.39 is 0 Å². The van der Waals surface area contributed by atoms with Gasteiger partial charge < -0.3 is 10.1 Å². The number of oxime groups is 1. The molecule has 3 aliphatic rings. The summed E-state index contributed by atoms with van der Waals surface area (Å²) >= 11 is 0. The first-order chi connectivity index (χ1) is 11.3. The minimum atomic E-state index is 0.0715. The summed E-state index contributed by atoms with van der Waals surface area (Å²) in [7, 11) is 0. The van der Waals surface area contributed by atoms with Crippen molar-refractivity contribution < 1.29 is 10.0 Å². The van der Waals surface area contributed by atoms with E-state index in [0.29, 0.717) is 17.7 Å². The van der Waals surface area contributed by atoms with Crippen molar-refractivity contribution in [3.63, 3.8) is 0 Å². The molecule has 120 valence electrons. The predicted molar refractivity (Wildman–Crippen MR) is 88.5 cm³/mol. The van der Waals surface area contributed by atoms with E-state index in [1.807, 2.05) is 0 Å². The fraction of sp³-hybridized carbons (Fsp3) is 0.474. The maximum atomic E-state index is 12.5. The number of rotatable bonds is 1. The number of hydrogen-bond acceptors (Lipinski definition) is 4. The van der Waals surface area contributed by atoms with Crippen molar-refractivity contribution in [2.24, 2.45) is 11.1 Å². The van der Waals surface area contributed by atoms with Crippen LogP contribution in [0.3, 0.4) is 0 Å². The van der Waals surface area contributed by atoms with Gasteiger partial charge in [0, 0.05) is 24.6 Å². The van der Waals surface area contributed by atoms with Crippen LogP contribution in [0.2, 0.25) is 0 Å².